The third kappa shape index (κ3) is 3.79. The van der Waals surface area contributed by atoms with E-state index in [1.165, 1.54) is 18.9 Å². The van der Waals surface area contributed by atoms with Crippen molar-refractivity contribution in [2.45, 2.75) is 31.8 Å². The summed E-state index contributed by atoms with van der Waals surface area (Å²) in [4.78, 5) is 2.27. The Morgan fingerprint density at radius 2 is 2.18 bits per heavy atom. The maximum atomic E-state index is 13.2. The van der Waals surface area contributed by atoms with Gasteiger partial charge in [0.15, 0.2) is 0 Å². The molecular formula is C13H14BrFN2. The van der Waals surface area contributed by atoms with E-state index in [-0.39, 0.29) is 5.82 Å². The van der Waals surface area contributed by atoms with Crippen LogP contribution in [0.4, 0.5) is 4.39 Å². The minimum atomic E-state index is -0.217. The molecule has 1 aliphatic rings. The Morgan fingerprint density at radius 3 is 2.76 bits per heavy atom. The second-order valence-electron chi connectivity index (χ2n) is 4.39. The van der Waals surface area contributed by atoms with Gasteiger partial charge in [0.25, 0.3) is 0 Å². The van der Waals surface area contributed by atoms with Crippen LogP contribution >= 0.6 is 15.9 Å². The third-order valence-corrected chi connectivity index (χ3v) is 3.34. The van der Waals surface area contributed by atoms with Crippen molar-refractivity contribution in [2.24, 2.45) is 0 Å². The molecule has 0 aromatic heterocycles. The van der Waals surface area contributed by atoms with E-state index in [4.69, 9.17) is 5.26 Å². The van der Waals surface area contributed by atoms with Gasteiger partial charge in [-0.2, -0.15) is 5.26 Å². The van der Waals surface area contributed by atoms with Crippen LogP contribution < -0.4 is 0 Å². The molecule has 0 heterocycles. The van der Waals surface area contributed by atoms with Gasteiger partial charge in [-0.3, -0.25) is 4.90 Å². The molecule has 1 fully saturated rings. The zero-order chi connectivity index (χ0) is 12.3. The highest BCUT2D eigenvalue weighted by Crippen LogP contribution is 2.29. The van der Waals surface area contributed by atoms with Gasteiger partial charge in [-0.05, 0) is 36.6 Å². The normalized spacial score (nSPS) is 14.9. The standard InChI is InChI=1S/C13H14BrFN2/c14-11-6-10(7-12(15)8-11)9-17(5-1-4-16)13-2-3-13/h6-8,13H,1-3,5,9H2. The van der Waals surface area contributed by atoms with E-state index in [0.717, 1.165) is 23.1 Å². The van der Waals surface area contributed by atoms with Crippen molar-refractivity contribution in [3.05, 3.63) is 34.1 Å². The van der Waals surface area contributed by atoms with Gasteiger partial charge in [-0.15, -0.1) is 0 Å². The fourth-order valence-corrected chi connectivity index (χ4v) is 2.47. The van der Waals surface area contributed by atoms with Crippen molar-refractivity contribution in [3.8, 4) is 6.07 Å². The Bertz CT molecular complexity index is 417. The van der Waals surface area contributed by atoms with Crippen molar-refractivity contribution >= 4 is 15.9 Å². The highest BCUT2D eigenvalue weighted by atomic mass is 79.9. The number of rotatable bonds is 5. The highest BCUT2D eigenvalue weighted by Gasteiger charge is 2.28. The molecule has 1 aromatic carbocycles. The summed E-state index contributed by atoms with van der Waals surface area (Å²) in [6.07, 6.45) is 2.93. The molecule has 0 unspecified atom stereocenters. The molecule has 17 heavy (non-hydrogen) atoms. The summed E-state index contributed by atoms with van der Waals surface area (Å²) in [6.45, 7) is 1.50. The fourth-order valence-electron chi connectivity index (χ4n) is 1.96. The lowest BCUT2D eigenvalue weighted by Gasteiger charge is -2.20. The number of nitrogens with zero attached hydrogens (tertiary/aromatic N) is 2. The molecule has 0 radical (unpaired) electrons. The molecule has 2 rings (SSSR count). The molecule has 0 spiro atoms. The molecule has 1 aliphatic carbocycles. The van der Waals surface area contributed by atoms with Crippen molar-refractivity contribution in [1.82, 2.24) is 4.90 Å². The monoisotopic (exact) mass is 296 g/mol. The van der Waals surface area contributed by atoms with E-state index >= 15 is 0 Å². The van der Waals surface area contributed by atoms with E-state index in [2.05, 4.69) is 26.9 Å². The molecule has 4 heteroatoms. The molecule has 1 saturated carbocycles. The molecule has 0 saturated heterocycles. The maximum Gasteiger partial charge on any atom is 0.124 e. The quantitative estimate of drug-likeness (QED) is 0.832. The number of benzene rings is 1. The van der Waals surface area contributed by atoms with Gasteiger partial charge in [-0.1, -0.05) is 15.9 Å². The summed E-state index contributed by atoms with van der Waals surface area (Å²) in [5, 5.41) is 8.63. The van der Waals surface area contributed by atoms with Crippen LogP contribution in [-0.2, 0) is 6.54 Å². The van der Waals surface area contributed by atoms with Crippen molar-refractivity contribution < 1.29 is 4.39 Å². The molecule has 0 atom stereocenters. The van der Waals surface area contributed by atoms with Crippen molar-refractivity contribution in [3.63, 3.8) is 0 Å². The minimum absolute atomic E-state index is 0.217. The summed E-state index contributed by atoms with van der Waals surface area (Å²) in [6, 6.07) is 7.71. The van der Waals surface area contributed by atoms with Gasteiger partial charge in [0, 0.05) is 30.0 Å². The first-order valence-electron chi connectivity index (χ1n) is 5.75. The Kier molecular flexibility index (Phi) is 4.14. The molecule has 1 aromatic rings. The van der Waals surface area contributed by atoms with Crippen molar-refractivity contribution in [1.29, 1.82) is 5.26 Å². The van der Waals surface area contributed by atoms with E-state index < -0.39 is 0 Å². The summed E-state index contributed by atoms with van der Waals surface area (Å²) < 4.78 is 14.0. The zero-order valence-corrected chi connectivity index (χ0v) is 11.1. The Morgan fingerprint density at radius 1 is 1.41 bits per heavy atom. The fraction of sp³-hybridized carbons (Fsp3) is 0.462. The first kappa shape index (κ1) is 12.5. The van der Waals surface area contributed by atoms with Crippen LogP contribution in [0.3, 0.4) is 0 Å². The van der Waals surface area contributed by atoms with Crippen LogP contribution in [0, 0.1) is 17.1 Å². The average Bonchev–Trinajstić information content (AvgIpc) is 3.06. The topological polar surface area (TPSA) is 27.0 Å². The van der Waals surface area contributed by atoms with Gasteiger partial charge >= 0.3 is 0 Å². The number of halogens is 2. The summed E-state index contributed by atoms with van der Waals surface area (Å²) in [5.41, 5.74) is 0.960. The van der Waals surface area contributed by atoms with Crippen LogP contribution in [0.2, 0.25) is 0 Å². The van der Waals surface area contributed by atoms with Gasteiger partial charge in [0.2, 0.25) is 0 Å². The second-order valence-corrected chi connectivity index (χ2v) is 5.30. The predicted molar refractivity (Wildman–Crippen MR) is 67.8 cm³/mol. The first-order chi connectivity index (χ1) is 8.19. The Labute approximate surface area is 109 Å². The number of nitriles is 1. The van der Waals surface area contributed by atoms with Crippen LogP contribution in [0.1, 0.15) is 24.8 Å². The van der Waals surface area contributed by atoms with Crippen LogP contribution in [0.25, 0.3) is 0 Å². The Balaban J connectivity index is 2.03. The van der Waals surface area contributed by atoms with Gasteiger partial charge in [0.1, 0.15) is 5.82 Å². The van der Waals surface area contributed by atoms with Gasteiger partial charge < -0.3 is 0 Å². The van der Waals surface area contributed by atoms with E-state index in [9.17, 15) is 4.39 Å². The second kappa shape index (κ2) is 5.61. The molecule has 90 valence electrons. The zero-order valence-electron chi connectivity index (χ0n) is 9.50. The average molecular weight is 297 g/mol. The minimum Gasteiger partial charge on any atom is -0.295 e. The third-order valence-electron chi connectivity index (χ3n) is 2.88. The summed E-state index contributed by atoms with van der Waals surface area (Å²) in [7, 11) is 0. The maximum absolute atomic E-state index is 13.2. The van der Waals surface area contributed by atoms with E-state index in [0.29, 0.717) is 12.5 Å². The Hall–Kier alpha value is -0.920. The predicted octanol–water partition coefficient (Wildman–Crippen LogP) is 3.47. The molecular weight excluding hydrogens is 283 g/mol. The van der Waals surface area contributed by atoms with Crippen LogP contribution in [0.5, 0.6) is 0 Å². The molecule has 0 N–H and O–H groups in total. The molecule has 0 bridgehead atoms. The SMILES string of the molecule is N#CCCN(Cc1cc(F)cc(Br)c1)C1CC1. The lowest BCUT2D eigenvalue weighted by molar-refractivity contribution is 0.260. The largest absolute Gasteiger partial charge is 0.295 e. The van der Waals surface area contributed by atoms with E-state index in [1.807, 2.05) is 6.07 Å². The first-order valence-corrected chi connectivity index (χ1v) is 6.54. The van der Waals surface area contributed by atoms with Crippen LogP contribution in [0.15, 0.2) is 22.7 Å². The molecule has 0 amide bonds. The van der Waals surface area contributed by atoms with Crippen LogP contribution in [-0.4, -0.2) is 17.5 Å². The molecule has 0 aliphatic heterocycles. The smallest absolute Gasteiger partial charge is 0.124 e. The van der Waals surface area contributed by atoms with Gasteiger partial charge in [-0.25, -0.2) is 4.39 Å². The number of hydrogen-bond acceptors (Lipinski definition) is 2. The molecule has 2 nitrogen and oxygen atoms in total. The highest BCUT2D eigenvalue weighted by molar-refractivity contribution is 9.10. The summed E-state index contributed by atoms with van der Waals surface area (Å²) in [5.74, 6) is -0.217. The number of hydrogen-bond donors (Lipinski definition) is 0. The lowest BCUT2D eigenvalue weighted by Crippen LogP contribution is -2.26. The lowest BCUT2D eigenvalue weighted by atomic mass is 10.2. The van der Waals surface area contributed by atoms with Gasteiger partial charge in [0.05, 0.1) is 6.07 Å². The van der Waals surface area contributed by atoms with E-state index in [1.54, 1.807) is 6.07 Å². The van der Waals surface area contributed by atoms with Crippen molar-refractivity contribution in [2.75, 3.05) is 6.54 Å². The summed E-state index contributed by atoms with van der Waals surface area (Å²) >= 11 is 3.30.